The number of ether oxygens (including phenoxy) is 1. The molecule has 5 nitrogen and oxygen atoms in total. The van der Waals surface area contributed by atoms with Crippen LogP contribution in [0.5, 0.6) is 0 Å². The Labute approximate surface area is 183 Å². The number of aliphatic imine (C=N–C) groups is 1. The van der Waals surface area contributed by atoms with Crippen LogP contribution in [0, 0.1) is 5.92 Å². The Balaban J connectivity index is 0.00000261. The predicted octanol–water partition coefficient (Wildman–Crippen LogP) is 3.77. The molecule has 3 fully saturated rings. The Kier molecular flexibility index (Phi) is 10.1. The van der Waals surface area contributed by atoms with E-state index in [1.165, 1.54) is 58.0 Å². The van der Waals surface area contributed by atoms with Crippen LogP contribution in [0.25, 0.3) is 0 Å². The average Bonchev–Trinajstić information content (AvgIpc) is 3.23. The number of hydrogen-bond donors (Lipinski definition) is 2. The second kappa shape index (κ2) is 11.8. The minimum atomic E-state index is 0. The van der Waals surface area contributed by atoms with Crippen molar-refractivity contribution in [2.24, 2.45) is 10.9 Å². The first-order chi connectivity index (χ1) is 12.8. The monoisotopic (exact) mass is 492 g/mol. The summed E-state index contributed by atoms with van der Waals surface area (Å²) in [5, 5.41) is 7.26. The number of nitrogens with one attached hydrogen (secondary N) is 2. The van der Waals surface area contributed by atoms with Gasteiger partial charge in [-0.05, 0) is 64.5 Å². The summed E-state index contributed by atoms with van der Waals surface area (Å²) >= 11 is 0. The van der Waals surface area contributed by atoms with Crippen LogP contribution < -0.4 is 10.6 Å². The molecule has 2 unspecified atom stereocenters. The van der Waals surface area contributed by atoms with Gasteiger partial charge in [0.25, 0.3) is 0 Å². The Morgan fingerprint density at radius 2 is 1.85 bits per heavy atom. The molecule has 3 rings (SSSR count). The van der Waals surface area contributed by atoms with Gasteiger partial charge in [-0.2, -0.15) is 0 Å². The summed E-state index contributed by atoms with van der Waals surface area (Å²) < 4.78 is 5.68. The standard InChI is InChI=1S/C21H40N4O.HI/c1-3-18-8-7-9-19(16-18)24-20(22-4-2)23-17-21(10-14-26-15-11-21)25-12-5-6-13-25;/h18-19H,3-17H2,1-2H3,(H2,22,23,24);1H. The van der Waals surface area contributed by atoms with E-state index >= 15 is 0 Å². The van der Waals surface area contributed by atoms with Crippen LogP contribution in [0.1, 0.15) is 71.6 Å². The molecule has 0 aromatic carbocycles. The van der Waals surface area contributed by atoms with Crippen LogP contribution in [0.3, 0.4) is 0 Å². The highest BCUT2D eigenvalue weighted by molar-refractivity contribution is 14.0. The predicted molar refractivity (Wildman–Crippen MR) is 124 cm³/mol. The molecule has 27 heavy (non-hydrogen) atoms. The van der Waals surface area contributed by atoms with Gasteiger partial charge in [0.05, 0.1) is 6.54 Å². The normalized spacial score (nSPS) is 29.2. The maximum Gasteiger partial charge on any atom is 0.191 e. The first-order valence-electron chi connectivity index (χ1n) is 11.1. The Bertz CT molecular complexity index is 447. The van der Waals surface area contributed by atoms with E-state index in [4.69, 9.17) is 9.73 Å². The lowest BCUT2D eigenvalue weighted by Gasteiger charge is -2.43. The zero-order valence-electron chi connectivity index (χ0n) is 17.5. The molecule has 6 heteroatoms. The van der Waals surface area contributed by atoms with Crippen molar-refractivity contribution < 1.29 is 4.74 Å². The van der Waals surface area contributed by atoms with Gasteiger partial charge in [0.1, 0.15) is 0 Å². The molecule has 0 spiro atoms. The molecule has 0 aromatic rings. The van der Waals surface area contributed by atoms with Crippen molar-refractivity contribution in [3.8, 4) is 0 Å². The topological polar surface area (TPSA) is 48.9 Å². The van der Waals surface area contributed by atoms with Crippen LogP contribution >= 0.6 is 24.0 Å². The molecule has 0 bridgehead atoms. The van der Waals surface area contributed by atoms with Gasteiger partial charge in [-0.1, -0.05) is 26.2 Å². The zero-order chi connectivity index (χ0) is 18.2. The lowest BCUT2D eigenvalue weighted by atomic mass is 9.84. The van der Waals surface area contributed by atoms with Gasteiger partial charge in [-0.15, -0.1) is 24.0 Å². The maximum atomic E-state index is 5.68. The Hall–Kier alpha value is -0.0800. The summed E-state index contributed by atoms with van der Waals surface area (Å²) in [5.74, 6) is 1.91. The van der Waals surface area contributed by atoms with Gasteiger partial charge < -0.3 is 15.4 Å². The SMILES string of the molecule is CCNC(=NCC1(N2CCCC2)CCOCC1)NC1CCCC(CC)C1.I. The third kappa shape index (κ3) is 6.46. The molecule has 158 valence electrons. The van der Waals surface area contributed by atoms with Crippen molar-refractivity contribution in [1.29, 1.82) is 0 Å². The van der Waals surface area contributed by atoms with Crippen molar-refractivity contribution in [2.45, 2.75) is 83.2 Å². The number of rotatable bonds is 6. The summed E-state index contributed by atoms with van der Waals surface area (Å²) in [4.78, 5) is 7.80. The van der Waals surface area contributed by atoms with Crippen LogP contribution in [0.2, 0.25) is 0 Å². The molecule has 2 aliphatic heterocycles. The van der Waals surface area contributed by atoms with E-state index in [-0.39, 0.29) is 29.5 Å². The Morgan fingerprint density at radius 1 is 1.11 bits per heavy atom. The lowest BCUT2D eigenvalue weighted by molar-refractivity contribution is -0.0139. The molecule has 0 amide bonds. The molecule has 1 saturated carbocycles. The number of hydrogen-bond acceptors (Lipinski definition) is 3. The van der Waals surface area contributed by atoms with E-state index in [0.717, 1.165) is 51.0 Å². The molecule has 2 heterocycles. The molecule has 1 aliphatic carbocycles. The fourth-order valence-corrected chi connectivity index (χ4v) is 5.05. The fourth-order valence-electron chi connectivity index (χ4n) is 5.05. The second-order valence-electron chi connectivity index (χ2n) is 8.51. The van der Waals surface area contributed by atoms with Gasteiger partial charge in [-0.3, -0.25) is 9.89 Å². The van der Waals surface area contributed by atoms with Crippen molar-refractivity contribution in [3.63, 3.8) is 0 Å². The summed E-state index contributed by atoms with van der Waals surface area (Å²) in [5.41, 5.74) is 0.218. The van der Waals surface area contributed by atoms with Crippen LogP contribution in [0.4, 0.5) is 0 Å². The average molecular weight is 492 g/mol. The number of guanidine groups is 1. The van der Waals surface area contributed by atoms with Crippen LogP contribution in [0.15, 0.2) is 4.99 Å². The largest absolute Gasteiger partial charge is 0.381 e. The smallest absolute Gasteiger partial charge is 0.191 e. The number of likely N-dealkylation sites (tertiary alicyclic amines) is 1. The van der Waals surface area contributed by atoms with Gasteiger partial charge in [0.2, 0.25) is 0 Å². The molecule has 0 aromatic heterocycles. The molecular formula is C21H41IN4O. The van der Waals surface area contributed by atoms with E-state index in [1.807, 2.05) is 0 Å². The molecular weight excluding hydrogens is 451 g/mol. The summed E-state index contributed by atoms with van der Waals surface area (Å²) in [6.45, 7) is 10.6. The van der Waals surface area contributed by atoms with Gasteiger partial charge in [-0.25, -0.2) is 0 Å². The third-order valence-electron chi connectivity index (χ3n) is 6.78. The number of halogens is 1. The quantitative estimate of drug-likeness (QED) is 0.337. The summed E-state index contributed by atoms with van der Waals surface area (Å²) in [7, 11) is 0. The maximum absolute atomic E-state index is 5.68. The van der Waals surface area contributed by atoms with Crippen molar-refractivity contribution in [2.75, 3.05) is 39.4 Å². The van der Waals surface area contributed by atoms with E-state index in [1.54, 1.807) is 0 Å². The van der Waals surface area contributed by atoms with Crippen molar-refractivity contribution >= 4 is 29.9 Å². The third-order valence-corrected chi connectivity index (χ3v) is 6.78. The Morgan fingerprint density at radius 3 is 2.52 bits per heavy atom. The molecule has 0 radical (unpaired) electrons. The van der Waals surface area contributed by atoms with E-state index in [2.05, 4.69) is 29.4 Å². The van der Waals surface area contributed by atoms with Crippen molar-refractivity contribution in [3.05, 3.63) is 0 Å². The van der Waals surface area contributed by atoms with Crippen LogP contribution in [-0.4, -0.2) is 61.8 Å². The molecule has 2 N–H and O–H groups in total. The highest BCUT2D eigenvalue weighted by Crippen LogP contribution is 2.32. The van der Waals surface area contributed by atoms with Crippen LogP contribution in [-0.2, 0) is 4.74 Å². The molecule has 3 aliphatic rings. The van der Waals surface area contributed by atoms with E-state index in [9.17, 15) is 0 Å². The second-order valence-corrected chi connectivity index (χ2v) is 8.51. The van der Waals surface area contributed by atoms with Gasteiger partial charge in [0, 0.05) is 31.3 Å². The number of nitrogens with zero attached hydrogens (tertiary/aromatic N) is 2. The van der Waals surface area contributed by atoms with E-state index < -0.39 is 0 Å². The van der Waals surface area contributed by atoms with Crippen molar-refractivity contribution in [1.82, 2.24) is 15.5 Å². The molecule has 2 atom stereocenters. The van der Waals surface area contributed by atoms with Gasteiger partial charge in [0.15, 0.2) is 5.96 Å². The first kappa shape index (κ1) is 23.2. The zero-order valence-corrected chi connectivity index (χ0v) is 19.8. The first-order valence-corrected chi connectivity index (χ1v) is 11.1. The van der Waals surface area contributed by atoms with E-state index in [0.29, 0.717) is 6.04 Å². The molecule has 2 saturated heterocycles. The highest BCUT2D eigenvalue weighted by atomic mass is 127. The fraction of sp³-hybridized carbons (Fsp3) is 0.952. The van der Waals surface area contributed by atoms with Gasteiger partial charge >= 0.3 is 0 Å². The lowest BCUT2D eigenvalue weighted by Crippen LogP contribution is -2.54. The highest BCUT2D eigenvalue weighted by Gasteiger charge is 2.39. The summed E-state index contributed by atoms with van der Waals surface area (Å²) in [6.07, 6.45) is 11.6. The minimum Gasteiger partial charge on any atom is -0.381 e. The summed E-state index contributed by atoms with van der Waals surface area (Å²) in [6, 6.07) is 0.587. The minimum absolute atomic E-state index is 0.